The molecule has 7 heteroatoms. The van der Waals surface area contributed by atoms with Crippen LogP contribution in [0, 0.1) is 0 Å². The van der Waals surface area contributed by atoms with Crippen LogP contribution >= 0.6 is 39.3 Å². The van der Waals surface area contributed by atoms with Crippen LogP contribution in [0.3, 0.4) is 0 Å². The van der Waals surface area contributed by atoms with E-state index in [9.17, 15) is 4.79 Å². The third kappa shape index (κ3) is 4.34. The van der Waals surface area contributed by atoms with Crippen LogP contribution in [-0.4, -0.2) is 27.0 Å². The Balaban J connectivity index is 1.71. The number of halogens is 2. The zero-order valence-electron chi connectivity index (χ0n) is 15.1. The maximum absolute atomic E-state index is 13.3. The van der Waals surface area contributed by atoms with Crippen LogP contribution in [0.4, 0.5) is 5.69 Å². The highest BCUT2D eigenvalue weighted by atomic mass is 79.9. The number of aromatic nitrogens is 1. The molecule has 144 valence electrons. The van der Waals surface area contributed by atoms with Gasteiger partial charge in [-0.2, -0.15) is 0 Å². The molecule has 1 amide bonds. The Kier molecular flexibility index (Phi) is 6.19. The van der Waals surface area contributed by atoms with Gasteiger partial charge in [0.1, 0.15) is 5.69 Å². The molecule has 2 fully saturated rings. The molecule has 2 aliphatic rings. The van der Waals surface area contributed by atoms with Crippen LogP contribution in [0.25, 0.3) is 6.08 Å². The van der Waals surface area contributed by atoms with E-state index in [1.54, 1.807) is 12.3 Å². The first-order chi connectivity index (χ1) is 13.6. The molecule has 0 bridgehead atoms. The highest BCUT2D eigenvalue weighted by Gasteiger charge is 2.38. The van der Waals surface area contributed by atoms with Gasteiger partial charge < -0.3 is 0 Å². The van der Waals surface area contributed by atoms with Crippen molar-refractivity contribution in [1.82, 2.24) is 9.88 Å². The van der Waals surface area contributed by atoms with Crippen LogP contribution in [0.2, 0.25) is 5.15 Å². The molecule has 2 aromatic rings. The van der Waals surface area contributed by atoms with Crippen LogP contribution in [0.5, 0.6) is 0 Å². The number of carbonyl (C=O) groups excluding carboxylic acids is 1. The number of hydrogen-bond acceptors (Lipinski definition) is 4. The standard InChI is InChI=1S/C21H19BrClN3OS/c22-15-10-8-14(9-11-15)13-18-20(27)26(16-5-2-1-3-6-16)21(28-18)25-17-7-4-12-24-19(17)23/h4,7-13,16H,1-3,5-6H2/b18-13-,25-21?. The Labute approximate surface area is 182 Å². The Morgan fingerprint density at radius 1 is 1.18 bits per heavy atom. The first-order valence-electron chi connectivity index (χ1n) is 9.30. The van der Waals surface area contributed by atoms with E-state index in [2.05, 4.69) is 20.9 Å². The molecule has 28 heavy (non-hydrogen) atoms. The van der Waals surface area contributed by atoms with Gasteiger partial charge in [0.15, 0.2) is 10.3 Å². The molecule has 0 atom stereocenters. The van der Waals surface area contributed by atoms with Gasteiger partial charge in [-0.1, -0.05) is 58.9 Å². The van der Waals surface area contributed by atoms with Gasteiger partial charge in [0.25, 0.3) is 5.91 Å². The number of aliphatic imine (C=N–C) groups is 1. The minimum absolute atomic E-state index is 0.0265. The molecule has 1 saturated carbocycles. The van der Waals surface area contributed by atoms with Crippen molar-refractivity contribution >= 4 is 62.1 Å². The van der Waals surface area contributed by atoms with Crippen molar-refractivity contribution in [3.8, 4) is 0 Å². The molecule has 0 spiro atoms. The van der Waals surface area contributed by atoms with Gasteiger partial charge in [-0.05, 0) is 60.5 Å². The van der Waals surface area contributed by atoms with Crippen LogP contribution in [0.15, 0.2) is 57.0 Å². The lowest BCUT2D eigenvalue weighted by Crippen LogP contribution is -2.40. The van der Waals surface area contributed by atoms with E-state index >= 15 is 0 Å². The van der Waals surface area contributed by atoms with Gasteiger partial charge in [-0.25, -0.2) is 9.98 Å². The van der Waals surface area contributed by atoms with E-state index in [1.807, 2.05) is 41.3 Å². The minimum Gasteiger partial charge on any atom is -0.283 e. The fourth-order valence-electron chi connectivity index (χ4n) is 3.50. The number of hydrogen-bond donors (Lipinski definition) is 0. The Morgan fingerprint density at radius 2 is 1.93 bits per heavy atom. The molecule has 1 aliphatic heterocycles. The summed E-state index contributed by atoms with van der Waals surface area (Å²) in [5, 5.41) is 1.03. The number of thioether (sulfide) groups is 1. The number of amidine groups is 1. The predicted molar refractivity (Wildman–Crippen MR) is 120 cm³/mol. The van der Waals surface area contributed by atoms with E-state index in [0.717, 1.165) is 35.7 Å². The van der Waals surface area contributed by atoms with Crippen molar-refractivity contribution in [3.63, 3.8) is 0 Å². The van der Waals surface area contributed by atoms with Crippen molar-refractivity contribution in [1.29, 1.82) is 0 Å². The molecule has 2 heterocycles. The maximum atomic E-state index is 13.3. The molecule has 4 rings (SSSR count). The highest BCUT2D eigenvalue weighted by molar-refractivity contribution is 9.10. The summed E-state index contributed by atoms with van der Waals surface area (Å²) in [6.45, 7) is 0. The second kappa shape index (κ2) is 8.80. The molecule has 4 nitrogen and oxygen atoms in total. The summed E-state index contributed by atoms with van der Waals surface area (Å²) in [4.78, 5) is 24.6. The third-order valence-corrected chi connectivity index (χ3v) is 6.70. The Bertz CT molecular complexity index is 939. The topological polar surface area (TPSA) is 45.6 Å². The quantitative estimate of drug-likeness (QED) is 0.378. The highest BCUT2D eigenvalue weighted by Crippen LogP contribution is 2.39. The van der Waals surface area contributed by atoms with E-state index in [-0.39, 0.29) is 11.9 Å². The minimum atomic E-state index is 0.0265. The van der Waals surface area contributed by atoms with E-state index in [0.29, 0.717) is 20.9 Å². The third-order valence-electron chi connectivity index (χ3n) is 4.90. The summed E-state index contributed by atoms with van der Waals surface area (Å²) in [5.41, 5.74) is 1.58. The smallest absolute Gasteiger partial charge is 0.267 e. The molecule has 1 saturated heterocycles. The van der Waals surface area contributed by atoms with Crippen LogP contribution in [-0.2, 0) is 4.79 Å². The molecular formula is C21H19BrClN3OS. The van der Waals surface area contributed by atoms with Crippen LogP contribution in [0.1, 0.15) is 37.7 Å². The van der Waals surface area contributed by atoms with Crippen molar-refractivity contribution in [2.45, 2.75) is 38.1 Å². The molecule has 1 aromatic carbocycles. The van der Waals surface area contributed by atoms with E-state index < -0.39 is 0 Å². The Hall–Kier alpha value is -1.63. The molecule has 1 aliphatic carbocycles. The number of benzene rings is 1. The SMILES string of the molecule is O=C1/C(=C/c2ccc(Br)cc2)SC(=Nc2cccnc2Cl)N1C1CCCCC1. The number of nitrogens with zero attached hydrogens (tertiary/aromatic N) is 3. The fourth-order valence-corrected chi connectivity index (χ4v) is 4.98. The first kappa shape index (κ1) is 19.7. The van der Waals surface area contributed by atoms with Crippen molar-refractivity contribution in [3.05, 3.63) is 62.7 Å². The molecule has 0 radical (unpaired) electrons. The summed E-state index contributed by atoms with van der Waals surface area (Å²) >= 11 is 11.1. The van der Waals surface area contributed by atoms with Gasteiger partial charge in [0.05, 0.1) is 4.91 Å². The maximum Gasteiger partial charge on any atom is 0.267 e. The summed E-state index contributed by atoms with van der Waals surface area (Å²) < 4.78 is 1.01. The number of amides is 1. The first-order valence-corrected chi connectivity index (χ1v) is 11.3. The Morgan fingerprint density at radius 3 is 2.64 bits per heavy atom. The lowest BCUT2D eigenvalue weighted by Gasteiger charge is -2.30. The number of carbonyl (C=O) groups is 1. The van der Waals surface area contributed by atoms with Gasteiger partial charge in [0, 0.05) is 16.7 Å². The average molecular weight is 477 g/mol. The largest absolute Gasteiger partial charge is 0.283 e. The van der Waals surface area contributed by atoms with Gasteiger partial charge >= 0.3 is 0 Å². The summed E-state index contributed by atoms with van der Waals surface area (Å²) in [6, 6.07) is 11.7. The lowest BCUT2D eigenvalue weighted by atomic mass is 9.94. The molecule has 0 N–H and O–H groups in total. The zero-order chi connectivity index (χ0) is 19.5. The van der Waals surface area contributed by atoms with Gasteiger partial charge in [-0.3, -0.25) is 9.69 Å². The van der Waals surface area contributed by atoms with Crippen molar-refractivity contribution in [2.75, 3.05) is 0 Å². The molecular weight excluding hydrogens is 458 g/mol. The van der Waals surface area contributed by atoms with Gasteiger partial charge in [-0.15, -0.1) is 0 Å². The van der Waals surface area contributed by atoms with E-state index in [1.165, 1.54) is 18.2 Å². The van der Waals surface area contributed by atoms with Crippen molar-refractivity contribution < 1.29 is 4.79 Å². The number of rotatable bonds is 3. The summed E-state index contributed by atoms with van der Waals surface area (Å²) in [7, 11) is 0. The van der Waals surface area contributed by atoms with Crippen molar-refractivity contribution in [2.24, 2.45) is 4.99 Å². The monoisotopic (exact) mass is 475 g/mol. The second-order valence-electron chi connectivity index (χ2n) is 6.84. The summed E-state index contributed by atoms with van der Waals surface area (Å²) in [6.07, 6.45) is 9.11. The predicted octanol–water partition coefficient (Wildman–Crippen LogP) is 6.43. The zero-order valence-corrected chi connectivity index (χ0v) is 18.3. The number of pyridine rings is 1. The van der Waals surface area contributed by atoms with E-state index in [4.69, 9.17) is 16.6 Å². The molecule has 0 unspecified atom stereocenters. The van der Waals surface area contributed by atoms with Gasteiger partial charge in [0.2, 0.25) is 0 Å². The normalized spacial score (nSPS) is 21.1. The average Bonchev–Trinajstić information content (AvgIpc) is 3.01. The molecule has 1 aromatic heterocycles. The van der Waals surface area contributed by atoms with Crippen LogP contribution < -0.4 is 0 Å². The fraction of sp³-hybridized carbons (Fsp3) is 0.286. The lowest BCUT2D eigenvalue weighted by molar-refractivity contribution is -0.124. The second-order valence-corrected chi connectivity index (χ2v) is 9.12. The summed E-state index contributed by atoms with van der Waals surface area (Å²) in [5.74, 6) is 0.0265.